The maximum atomic E-state index is 14.7. The summed E-state index contributed by atoms with van der Waals surface area (Å²) < 4.78 is 29.2. The molecule has 320 valence electrons. The van der Waals surface area contributed by atoms with Crippen LogP contribution in [0.1, 0.15) is 96.8 Å². The smallest absolute Gasteiger partial charge is 0.223 e. The molecular formula is C44H49Cl2F2N11O2. The number of halogens is 4. The zero-order valence-electron chi connectivity index (χ0n) is 33.9. The number of fused-ring (bicyclic) bond motifs is 2. The summed E-state index contributed by atoms with van der Waals surface area (Å²) in [6.45, 7) is 1.88. The van der Waals surface area contributed by atoms with Crippen molar-refractivity contribution < 1.29 is 18.4 Å². The van der Waals surface area contributed by atoms with Gasteiger partial charge in [0.25, 0.3) is 0 Å². The van der Waals surface area contributed by atoms with Crippen LogP contribution in [0.3, 0.4) is 0 Å². The molecule has 13 nitrogen and oxygen atoms in total. The summed E-state index contributed by atoms with van der Waals surface area (Å²) in [4.78, 5) is 56.6. The van der Waals surface area contributed by atoms with Gasteiger partial charge in [0.1, 0.15) is 17.1 Å². The van der Waals surface area contributed by atoms with Gasteiger partial charge in [0, 0.05) is 83.6 Å². The van der Waals surface area contributed by atoms with E-state index in [9.17, 15) is 18.4 Å². The zero-order valence-corrected chi connectivity index (χ0v) is 35.4. The minimum absolute atomic E-state index is 0.0237. The van der Waals surface area contributed by atoms with Gasteiger partial charge >= 0.3 is 0 Å². The van der Waals surface area contributed by atoms with Gasteiger partial charge in [-0.1, -0.05) is 68.7 Å². The monoisotopic (exact) mass is 871 g/mol. The Balaban J connectivity index is 0.000000169. The topological polar surface area (TPSA) is 179 Å². The molecule has 3 saturated carbocycles. The van der Waals surface area contributed by atoms with E-state index in [4.69, 9.17) is 23.2 Å². The van der Waals surface area contributed by atoms with E-state index in [0.29, 0.717) is 57.0 Å². The molecule has 0 aliphatic heterocycles. The number of anilines is 2. The number of aromatic nitrogens is 8. The number of H-pyrrole nitrogens is 2. The number of aromatic amines is 2. The number of rotatable bonds is 11. The molecule has 0 spiro atoms. The fourth-order valence-electron chi connectivity index (χ4n) is 8.92. The standard InChI is InChI=1S/C23H26ClFN6O.C21H23ClFN5O/c24-14-9-15-16(11-27-20(15)26-10-14)21-28-12-17(25)22(31-21)29-18-7-3-4-8-19(18)30-23(32)13-5-1-2-6-13;1-2-14(29)7-12-5-3-4-6-18(12)27-21-17(23)11-26-20(28-21)16-10-25-19-15(16)8-13(22)9-24-19/h9-13,18-19H,1-8H2,(H,26,27)(H,30,32)(H,28,29,31);8-12,18H,2-7H2,1H3,(H,24,25)(H,26,27,28)/t18-,19-;/m1./s1. The number of hydrogen-bond donors (Lipinski definition) is 5. The number of amides is 1. The van der Waals surface area contributed by atoms with Gasteiger partial charge in [0.05, 0.1) is 22.4 Å². The molecule has 0 aromatic carbocycles. The largest absolute Gasteiger partial charge is 0.364 e. The van der Waals surface area contributed by atoms with Gasteiger partial charge in [0.15, 0.2) is 34.9 Å². The van der Waals surface area contributed by atoms with E-state index in [1.54, 1.807) is 36.9 Å². The number of pyridine rings is 2. The summed E-state index contributed by atoms with van der Waals surface area (Å²) >= 11 is 12.2. The first-order valence-electron chi connectivity index (χ1n) is 21.3. The average Bonchev–Trinajstić information content (AvgIpc) is 4.05. The van der Waals surface area contributed by atoms with Crippen LogP contribution in [-0.4, -0.2) is 69.7 Å². The predicted octanol–water partition coefficient (Wildman–Crippen LogP) is 9.99. The van der Waals surface area contributed by atoms with E-state index in [1.165, 1.54) is 12.4 Å². The molecule has 3 aliphatic carbocycles. The van der Waals surface area contributed by atoms with E-state index in [-0.39, 0.29) is 53.3 Å². The minimum Gasteiger partial charge on any atom is -0.364 e. The Kier molecular flexibility index (Phi) is 13.3. The Morgan fingerprint density at radius 1 is 0.672 bits per heavy atom. The SMILES string of the molecule is CCC(=O)CC1CCCCC1Nc1nc(-c2c[nH]c3ncc(Cl)cc23)ncc1F.O=C(N[C@@H]1CCCC[C@H]1Nc1nc(-c2c[nH]c3ncc(Cl)cc23)ncc1F)C1CCCC1. The van der Waals surface area contributed by atoms with Gasteiger partial charge in [0.2, 0.25) is 5.91 Å². The molecule has 0 radical (unpaired) electrons. The van der Waals surface area contributed by atoms with Crippen molar-refractivity contribution in [3.8, 4) is 22.8 Å². The molecule has 5 N–H and O–H groups in total. The zero-order chi connectivity index (χ0) is 42.5. The van der Waals surface area contributed by atoms with Gasteiger partial charge in [-0.25, -0.2) is 38.7 Å². The van der Waals surface area contributed by atoms with Crippen LogP contribution >= 0.6 is 23.2 Å². The van der Waals surface area contributed by atoms with E-state index in [1.807, 2.05) is 6.92 Å². The van der Waals surface area contributed by atoms with Crippen molar-refractivity contribution in [2.24, 2.45) is 11.8 Å². The Morgan fingerprint density at radius 2 is 1.16 bits per heavy atom. The molecule has 3 aliphatic rings. The highest BCUT2D eigenvalue weighted by atomic mass is 35.5. The first-order chi connectivity index (χ1) is 29.6. The van der Waals surface area contributed by atoms with E-state index < -0.39 is 11.6 Å². The molecule has 6 heterocycles. The molecule has 61 heavy (non-hydrogen) atoms. The van der Waals surface area contributed by atoms with Crippen molar-refractivity contribution in [2.75, 3.05) is 10.6 Å². The minimum atomic E-state index is -0.517. The van der Waals surface area contributed by atoms with Crippen molar-refractivity contribution in [1.29, 1.82) is 0 Å². The lowest BCUT2D eigenvalue weighted by Crippen LogP contribution is -2.50. The van der Waals surface area contributed by atoms with E-state index in [0.717, 1.165) is 87.8 Å². The second kappa shape index (κ2) is 19.2. The maximum Gasteiger partial charge on any atom is 0.223 e. The van der Waals surface area contributed by atoms with Crippen LogP contribution in [0, 0.1) is 23.5 Å². The van der Waals surface area contributed by atoms with Crippen molar-refractivity contribution in [3.05, 3.63) is 71.0 Å². The van der Waals surface area contributed by atoms with Crippen LogP contribution < -0.4 is 16.0 Å². The fourth-order valence-corrected chi connectivity index (χ4v) is 9.23. The Bertz CT molecular complexity index is 2510. The molecule has 2 unspecified atom stereocenters. The molecule has 0 saturated heterocycles. The molecule has 1 amide bonds. The normalized spacial score (nSPS) is 20.6. The lowest BCUT2D eigenvalue weighted by molar-refractivity contribution is -0.125. The van der Waals surface area contributed by atoms with Gasteiger partial charge < -0.3 is 25.9 Å². The maximum absolute atomic E-state index is 14.7. The molecular weight excluding hydrogens is 823 g/mol. The third-order valence-corrected chi connectivity index (χ3v) is 12.6. The Morgan fingerprint density at radius 3 is 1.72 bits per heavy atom. The number of nitrogens with zero attached hydrogens (tertiary/aromatic N) is 6. The quantitative estimate of drug-likeness (QED) is 0.0841. The van der Waals surface area contributed by atoms with E-state index in [2.05, 4.69) is 55.8 Å². The number of carbonyl (C=O) groups excluding carboxylic acids is 2. The number of hydrogen-bond acceptors (Lipinski definition) is 10. The van der Waals surface area contributed by atoms with Crippen molar-refractivity contribution in [3.63, 3.8) is 0 Å². The highest BCUT2D eigenvalue weighted by Crippen LogP contribution is 2.34. The van der Waals surface area contributed by atoms with Gasteiger partial charge in [-0.2, -0.15) is 0 Å². The van der Waals surface area contributed by atoms with Crippen molar-refractivity contribution in [2.45, 2.75) is 115 Å². The van der Waals surface area contributed by atoms with Crippen LogP contribution in [-0.2, 0) is 9.59 Å². The number of nitrogens with one attached hydrogen (secondary N) is 5. The molecule has 6 aromatic heterocycles. The first-order valence-corrected chi connectivity index (χ1v) is 22.0. The number of ketones is 1. The van der Waals surface area contributed by atoms with Crippen LogP contribution in [0.2, 0.25) is 10.0 Å². The summed E-state index contributed by atoms with van der Waals surface area (Å²) in [5, 5.41) is 12.3. The van der Waals surface area contributed by atoms with Crippen molar-refractivity contribution in [1.82, 2.24) is 45.2 Å². The van der Waals surface area contributed by atoms with Crippen LogP contribution in [0.15, 0.2) is 49.3 Å². The van der Waals surface area contributed by atoms with Gasteiger partial charge in [-0.3, -0.25) is 9.59 Å². The van der Waals surface area contributed by atoms with Crippen LogP contribution in [0.5, 0.6) is 0 Å². The average molecular weight is 873 g/mol. The summed E-state index contributed by atoms with van der Waals surface area (Å²) in [6.07, 6.45) is 22.0. The lowest BCUT2D eigenvalue weighted by atomic mass is 9.81. The van der Waals surface area contributed by atoms with Crippen molar-refractivity contribution >= 4 is 68.6 Å². The third kappa shape index (κ3) is 9.94. The van der Waals surface area contributed by atoms with Crippen LogP contribution in [0.4, 0.5) is 20.4 Å². The highest BCUT2D eigenvalue weighted by Gasteiger charge is 2.32. The number of carbonyl (C=O) groups is 2. The summed E-state index contributed by atoms with van der Waals surface area (Å²) in [7, 11) is 0. The predicted molar refractivity (Wildman–Crippen MR) is 233 cm³/mol. The second-order valence-electron chi connectivity index (χ2n) is 16.3. The summed E-state index contributed by atoms with van der Waals surface area (Å²) in [5.41, 5.74) is 2.73. The summed E-state index contributed by atoms with van der Waals surface area (Å²) in [5.74, 6) is 0.753. The Hall–Kier alpha value is -5.28. The molecule has 4 atom stereocenters. The van der Waals surface area contributed by atoms with Crippen LogP contribution in [0.25, 0.3) is 44.8 Å². The first kappa shape index (κ1) is 42.4. The Labute approximate surface area is 362 Å². The molecule has 6 aromatic rings. The molecule has 17 heteroatoms. The second-order valence-corrected chi connectivity index (χ2v) is 17.2. The third-order valence-electron chi connectivity index (χ3n) is 12.2. The molecule has 3 fully saturated rings. The van der Waals surface area contributed by atoms with Gasteiger partial charge in [-0.15, -0.1) is 0 Å². The van der Waals surface area contributed by atoms with E-state index >= 15 is 0 Å². The van der Waals surface area contributed by atoms with Gasteiger partial charge in [-0.05, 0) is 56.6 Å². The summed E-state index contributed by atoms with van der Waals surface area (Å²) in [6, 6.07) is 3.47. The molecule has 9 rings (SSSR count). The number of Topliss-reactive ketones (excluding diaryl/α,β-unsaturated/α-hetero) is 1. The lowest BCUT2D eigenvalue weighted by Gasteiger charge is -2.34. The molecule has 0 bridgehead atoms. The fraction of sp³-hybridized carbons (Fsp3) is 0.455. The highest BCUT2D eigenvalue weighted by molar-refractivity contribution is 6.31.